The summed E-state index contributed by atoms with van der Waals surface area (Å²) in [5, 5.41) is 52.7. The monoisotopic (exact) mass is 791 g/mol. The van der Waals surface area contributed by atoms with E-state index >= 15 is 0 Å². The van der Waals surface area contributed by atoms with Gasteiger partial charge in [-0.15, -0.1) is 5.11 Å². The molecule has 1 aliphatic rings. The Morgan fingerprint density at radius 3 is 2.20 bits per heavy atom. The van der Waals surface area contributed by atoms with Crippen LogP contribution < -0.4 is 5.32 Å². The Hall–Kier alpha value is -5.18. The van der Waals surface area contributed by atoms with Crippen LogP contribution in [-0.2, 0) is 25.0 Å². The third-order valence-corrected chi connectivity index (χ3v) is 11.0. The largest absolute Gasteiger partial charge is 0.505 e. The summed E-state index contributed by atoms with van der Waals surface area (Å²) in [5.41, 5.74) is 1.99. The average molecular weight is 792 g/mol. The first-order valence-electron chi connectivity index (χ1n) is 16.9. The first kappa shape index (κ1) is 39.5. The van der Waals surface area contributed by atoms with Crippen LogP contribution >= 0.6 is 0 Å². The van der Waals surface area contributed by atoms with Gasteiger partial charge in [-0.25, -0.2) is 0 Å². The third kappa shape index (κ3) is 9.21. The summed E-state index contributed by atoms with van der Waals surface area (Å²) in [6, 6.07) is 24.1. The molecule has 0 spiro atoms. The molecule has 16 nitrogen and oxygen atoms in total. The fraction of sp³-hybridized carbons (Fsp3) is 0.243. The molecule has 6 rings (SSSR count). The molecule has 0 radical (unpaired) electrons. The lowest BCUT2D eigenvalue weighted by Crippen LogP contribution is -2.56. The second-order valence-corrected chi connectivity index (χ2v) is 16.2. The van der Waals surface area contributed by atoms with Crippen molar-refractivity contribution in [1.82, 2.24) is 0 Å². The Labute approximate surface area is 317 Å². The second-order valence-electron chi connectivity index (χ2n) is 13.4. The quantitative estimate of drug-likeness (QED) is 0.0330. The molecule has 0 amide bonds. The van der Waals surface area contributed by atoms with Crippen LogP contribution in [-0.4, -0.2) is 85.2 Å². The Morgan fingerprint density at radius 2 is 1.53 bits per heavy atom. The molecule has 18 heteroatoms. The summed E-state index contributed by atoms with van der Waals surface area (Å²) in [4.78, 5) is -1.00. The highest BCUT2D eigenvalue weighted by Crippen LogP contribution is 2.43. The van der Waals surface area contributed by atoms with Crippen molar-refractivity contribution in [3.05, 3.63) is 108 Å². The number of phenols is 1. The van der Waals surface area contributed by atoms with Crippen molar-refractivity contribution < 1.29 is 50.5 Å². The summed E-state index contributed by atoms with van der Waals surface area (Å²) < 4.78 is 73.9. The van der Waals surface area contributed by atoms with Gasteiger partial charge in [0, 0.05) is 22.2 Å². The number of phenolic OH excluding ortho intramolecular Hbond substituents is 1. The summed E-state index contributed by atoms with van der Waals surface area (Å²) in [7, 11) is -7.37. The van der Waals surface area contributed by atoms with Gasteiger partial charge >= 0.3 is 0 Å². The number of azo groups is 2. The standard InChI is InChI=1S/C37H38N6O10S2/c1-23(44)21-43(2)16-17-53-22-33(43)31-20-28(11-15-32(31)41-39-26-8-12-29(13-9-26)54(47,48)49)40-42-35-34(55(50,51)52)19-25-18-27(10-14-30(25)36(35)45)38-37(46)24-6-4-3-5-7-24/h3-15,18-20,23,33,37,44,46H,16-17,21-22H2,1-2H3,(H3-,38,39,40,45,47,48,49,50,51,52)/p+1. The molecule has 0 bridgehead atoms. The van der Waals surface area contributed by atoms with Crippen LogP contribution in [0.2, 0.25) is 0 Å². The van der Waals surface area contributed by atoms with Crippen molar-refractivity contribution in [3.63, 3.8) is 0 Å². The van der Waals surface area contributed by atoms with Crippen LogP contribution in [0.4, 0.5) is 28.4 Å². The maximum absolute atomic E-state index is 12.6. The van der Waals surface area contributed by atoms with Crippen molar-refractivity contribution in [2.75, 3.05) is 38.7 Å². The lowest BCUT2D eigenvalue weighted by atomic mass is 9.99. The Balaban J connectivity index is 1.39. The van der Waals surface area contributed by atoms with Crippen LogP contribution in [0.1, 0.15) is 30.3 Å². The number of ether oxygens (including phenoxy) is 1. The van der Waals surface area contributed by atoms with Gasteiger partial charge in [-0.1, -0.05) is 30.3 Å². The van der Waals surface area contributed by atoms with Crippen LogP contribution in [0.15, 0.2) is 127 Å². The van der Waals surface area contributed by atoms with Crippen molar-refractivity contribution in [2.45, 2.75) is 35.1 Å². The highest BCUT2D eigenvalue weighted by molar-refractivity contribution is 7.86. The number of aromatic hydroxyl groups is 1. The zero-order valence-corrected chi connectivity index (χ0v) is 31.3. The first-order chi connectivity index (χ1) is 26.0. The minimum atomic E-state index is -4.94. The fourth-order valence-electron chi connectivity index (χ4n) is 6.53. The van der Waals surface area contributed by atoms with Gasteiger partial charge in [0.1, 0.15) is 42.4 Å². The summed E-state index contributed by atoms with van der Waals surface area (Å²) in [5.74, 6) is -0.559. The molecule has 4 atom stereocenters. The first-order valence-corrected chi connectivity index (χ1v) is 19.8. The lowest BCUT2D eigenvalue weighted by Gasteiger charge is -2.45. The van der Waals surface area contributed by atoms with E-state index in [4.69, 9.17) is 4.74 Å². The van der Waals surface area contributed by atoms with E-state index in [0.717, 1.165) is 6.07 Å². The number of aliphatic hydroxyl groups is 2. The molecule has 5 aromatic carbocycles. The maximum Gasteiger partial charge on any atom is 0.296 e. The van der Waals surface area contributed by atoms with Gasteiger partial charge in [0.05, 0.1) is 35.6 Å². The molecule has 4 unspecified atom stereocenters. The van der Waals surface area contributed by atoms with Gasteiger partial charge in [0.25, 0.3) is 20.2 Å². The van der Waals surface area contributed by atoms with Crippen LogP contribution in [0.3, 0.4) is 0 Å². The number of likely N-dealkylation sites (N-methyl/N-ethyl adjacent to an activating group) is 1. The number of hydrogen-bond donors (Lipinski definition) is 6. The predicted molar refractivity (Wildman–Crippen MR) is 203 cm³/mol. The summed E-state index contributed by atoms with van der Waals surface area (Å²) in [6.45, 7) is 3.30. The molecule has 0 saturated carbocycles. The maximum atomic E-state index is 12.6. The normalized spacial score (nSPS) is 19.2. The van der Waals surface area contributed by atoms with Gasteiger partial charge < -0.3 is 29.9 Å². The molecule has 288 valence electrons. The summed E-state index contributed by atoms with van der Waals surface area (Å²) in [6.07, 6.45) is -1.74. The highest BCUT2D eigenvalue weighted by Gasteiger charge is 2.40. The second kappa shape index (κ2) is 15.9. The minimum absolute atomic E-state index is 0.202. The Morgan fingerprint density at radius 1 is 0.836 bits per heavy atom. The average Bonchev–Trinajstić information content (AvgIpc) is 3.13. The number of nitrogens with zero attached hydrogens (tertiary/aromatic N) is 5. The topological polar surface area (TPSA) is 240 Å². The van der Waals surface area contributed by atoms with Gasteiger partial charge in [0.15, 0.2) is 12.0 Å². The molecule has 1 heterocycles. The van der Waals surface area contributed by atoms with Crippen molar-refractivity contribution >= 4 is 59.4 Å². The number of benzene rings is 5. The third-order valence-electron chi connectivity index (χ3n) is 9.25. The lowest BCUT2D eigenvalue weighted by molar-refractivity contribution is -0.949. The van der Waals surface area contributed by atoms with Crippen molar-refractivity contribution in [3.8, 4) is 5.75 Å². The number of nitrogens with one attached hydrogen (secondary N) is 1. The van der Waals surface area contributed by atoms with E-state index in [1.54, 1.807) is 49.4 Å². The fourth-order valence-corrected chi connectivity index (χ4v) is 7.67. The Bertz CT molecular complexity index is 2480. The van der Waals surface area contributed by atoms with E-state index in [1.807, 2.05) is 13.1 Å². The van der Waals surface area contributed by atoms with E-state index in [0.29, 0.717) is 52.4 Å². The Kier molecular flexibility index (Phi) is 11.4. The van der Waals surface area contributed by atoms with E-state index in [-0.39, 0.29) is 34.0 Å². The molecule has 1 saturated heterocycles. The SMILES string of the molecule is CC(O)C[N+]1(C)CCOCC1c1cc(N=Nc2c(S(=O)(=O)O)cc3cc(NC(O)c4ccccc4)ccc3c2O)ccc1N=Nc1ccc(S(=O)(=O)O)cc1. The van der Waals surface area contributed by atoms with Gasteiger partial charge in [-0.05, 0) is 79.0 Å². The molecule has 5 aromatic rings. The minimum Gasteiger partial charge on any atom is -0.505 e. The zero-order valence-electron chi connectivity index (χ0n) is 29.6. The molecule has 1 fully saturated rings. The molecule has 1 aliphatic heterocycles. The highest BCUT2D eigenvalue weighted by atomic mass is 32.2. The van der Waals surface area contributed by atoms with E-state index in [9.17, 15) is 41.3 Å². The zero-order chi connectivity index (χ0) is 39.5. The number of aliphatic hydroxyl groups excluding tert-OH is 2. The van der Waals surface area contributed by atoms with E-state index in [2.05, 4.69) is 25.8 Å². The predicted octanol–water partition coefficient (Wildman–Crippen LogP) is 6.87. The van der Waals surface area contributed by atoms with Gasteiger partial charge in [-0.3, -0.25) is 9.11 Å². The van der Waals surface area contributed by atoms with E-state index < -0.39 is 48.9 Å². The smallest absolute Gasteiger partial charge is 0.296 e. The number of anilines is 1. The van der Waals surface area contributed by atoms with Crippen LogP contribution in [0, 0.1) is 0 Å². The molecule has 0 aliphatic carbocycles. The molecule has 6 N–H and O–H groups in total. The molecular formula is C37H39N6O10S2+. The molecule has 0 aromatic heterocycles. The summed E-state index contributed by atoms with van der Waals surface area (Å²) >= 11 is 0. The van der Waals surface area contributed by atoms with Gasteiger partial charge in [0.2, 0.25) is 0 Å². The number of fused-ring (bicyclic) bond motifs is 1. The number of hydrogen-bond acceptors (Lipinski definition) is 13. The number of morpholine rings is 1. The number of quaternary nitrogens is 1. The van der Waals surface area contributed by atoms with Crippen LogP contribution in [0.5, 0.6) is 5.75 Å². The van der Waals surface area contributed by atoms with E-state index in [1.165, 1.54) is 42.5 Å². The number of rotatable bonds is 12. The van der Waals surface area contributed by atoms with Crippen molar-refractivity contribution in [2.24, 2.45) is 20.5 Å². The van der Waals surface area contributed by atoms with Gasteiger partial charge in [-0.2, -0.15) is 32.2 Å². The van der Waals surface area contributed by atoms with Crippen LogP contribution in [0.25, 0.3) is 10.8 Å². The molecule has 55 heavy (non-hydrogen) atoms. The van der Waals surface area contributed by atoms with Crippen molar-refractivity contribution in [1.29, 1.82) is 0 Å². The molecular weight excluding hydrogens is 753 g/mol.